The Morgan fingerprint density at radius 2 is 1.94 bits per heavy atom. The minimum Gasteiger partial charge on any atom is -0.466 e. The first kappa shape index (κ1) is 22.0. The summed E-state index contributed by atoms with van der Waals surface area (Å²) < 4.78 is 7.55. The Morgan fingerprint density at radius 1 is 1.12 bits per heavy atom. The van der Waals surface area contributed by atoms with E-state index in [0.717, 1.165) is 37.2 Å². The van der Waals surface area contributed by atoms with E-state index >= 15 is 0 Å². The highest BCUT2D eigenvalue weighted by molar-refractivity contribution is 5.77. The Balaban J connectivity index is 1.51. The minimum atomic E-state index is -0.528. The number of hydrogen-bond acceptors (Lipinski definition) is 5. The molecule has 0 bridgehead atoms. The highest BCUT2D eigenvalue weighted by Crippen LogP contribution is 2.36. The third-order valence-electron chi connectivity index (χ3n) is 5.97. The monoisotopic (exact) mass is 430 g/mol. The first-order valence-electron chi connectivity index (χ1n) is 11.2. The minimum absolute atomic E-state index is 0.0933. The molecule has 1 unspecified atom stereocenters. The molecule has 6 heteroatoms. The maximum Gasteiger partial charge on any atom is 0.313 e. The quantitative estimate of drug-likeness (QED) is 0.492. The molecule has 32 heavy (non-hydrogen) atoms. The van der Waals surface area contributed by atoms with Gasteiger partial charge in [-0.2, -0.15) is 0 Å². The molecule has 1 aliphatic heterocycles. The average molecular weight is 431 g/mol. The van der Waals surface area contributed by atoms with Crippen LogP contribution in [0.4, 0.5) is 0 Å². The van der Waals surface area contributed by atoms with Gasteiger partial charge in [0, 0.05) is 37.4 Å². The number of ether oxygens (including phenoxy) is 1. The predicted octanol–water partition coefficient (Wildman–Crippen LogP) is 4.52. The summed E-state index contributed by atoms with van der Waals surface area (Å²) >= 11 is 0. The van der Waals surface area contributed by atoms with Gasteiger partial charge in [0.2, 0.25) is 5.95 Å². The molecule has 3 heterocycles. The molecule has 1 aliphatic rings. The highest BCUT2D eigenvalue weighted by atomic mass is 16.5. The van der Waals surface area contributed by atoms with Gasteiger partial charge in [-0.25, -0.2) is 9.97 Å². The van der Waals surface area contributed by atoms with E-state index in [9.17, 15) is 4.79 Å². The number of nitrogens with zero attached hydrogens (tertiary/aromatic N) is 4. The number of likely N-dealkylation sites (tertiary alicyclic amines) is 1. The molecular formula is C26H30N4O2. The van der Waals surface area contributed by atoms with Crippen molar-refractivity contribution in [1.29, 1.82) is 0 Å². The number of aromatic nitrogens is 3. The fourth-order valence-electron chi connectivity index (χ4n) is 4.43. The lowest BCUT2D eigenvalue weighted by Gasteiger charge is -2.40. The number of allylic oxidation sites excluding steroid dienone is 1. The van der Waals surface area contributed by atoms with Crippen LogP contribution in [0.2, 0.25) is 0 Å². The first-order valence-corrected chi connectivity index (χ1v) is 11.2. The van der Waals surface area contributed by atoms with E-state index in [4.69, 9.17) is 4.74 Å². The van der Waals surface area contributed by atoms with E-state index in [-0.39, 0.29) is 5.97 Å². The maximum atomic E-state index is 13.1. The summed E-state index contributed by atoms with van der Waals surface area (Å²) in [6.45, 7) is 4.63. The summed E-state index contributed by atoms with van der Waals surface area (Å²) in [6, 6.07) is 16.1. The second-order valence-electron chi connectivity index (χ2n) is 8.25. The Morgan fingerprint density at radius 3 is 2.72 bits per heavy atom. The van der Waals surface area contributed by atoms with Crippen molar-refractivity contribution in [3.05, 3.63) is 84.5 Å². The summed E-state index contributed by atoms with van der Waals surface area (Å²) in [4.78, 5) is 24.2. The van der Waals surface area contributed by atoms with Crippen LogP contribution in [0.3, 0.4) is 0 Å². The van der Waals surface area contributed by atoms with Crippen molar-refractivity contribution in [3.63, 3.8) is 0 Å². The molecule has 1 fully saturated rings. The topological polar surface area (TPSA) is 60.2 Å². The molecule has 2 aromatic heterocycles. The molecular weight excluding hydrogens is 400 g/mol. The summed E-state index contributed by atoms with van der Waals surface area (Å²) in [7, 11) is 0. The number of piperidine rings is 1. The van der Waals surface area contributed by atoms with Gasteiger partial charge in [0.25, 0.3) is 0 Å². The van der Waals surface area contributed by atoms with Crippen LogP contribution in [0.15, 0.2) is 73.2 Å². The third kappa shape index (κ3) is 5.14. The summed E-state index contributed by atoms with van der Waals surface area (Å²) in [5, 5.41) is 0. The predicted molar refractivity (Wildman–Crippen MR) is 125 cm³/mol. The molecule has 0 radical (unpaired) electrons. The van der Waals surface area contributed by atoms with E-state index in [1.165, 1.54) is 0 Å². The number of hydrogen-bond donors (Lipinski definition) is 0. The van der Waals surface area contributed by atoms with Crippen molar-refractivity contribution >= 4 is 12.0 Å². The Bertz CT molecular complexity index is 1030. The highest BCUT2D eigenvalue weighted by Gasteiger charge is 2.42. The lowest BCUT2D eigenvalue weighted by atomic mass is 9.76. The maximum absolute atomic E-state index is 13.1. The van der Waals surface area contributed by atoms with Gasteiger partial charge in [-0.1, -0.05) is 42.5 Å². The molecule has 1 aromatic carbocycles. The zero-order valence-corrected chi connectivity index (χ0v) is 18.6. The molecule has 0 spiro atoms. The first-order chi connectivity index (χ1) is 15.7. The van der Waals surface area contributed by atoms with Gasteiger partial charge >= 0.3 is 5.97 Å². The molecule has 4 rings (SSSR count). The molecule has 1 atom stereocenters. The van der Waals surface area contributed by atoms with E-state index < -0.39 is 5.41 Å². The average Bonchev–Trinajstić information content (AvgIpc) is 3.29. The van der Waals surface area contributed by atoms with Crippen LogP contribution in [0.1, 0.15) is 37.4 Å². The van der Waals surface area contributed by atoms with Gasteiger partial charge < -0.3 is 4.74 Å². The van der Waals surface area contributed by atoms with Crippen LogP contribution in [0.5, 0.6) is 0 Å². The van der Waals surface area contributed by atoms with Crippen molar-refractivity contribution in [2.45, 2.75) is 32.7 Å². The van der Waals surface area contributed by atoms with E-state index in [2.05, 4.69) is 45.2 Å². The summed E-state index contributed by atoms with van der Waals surface area (Å²) in [5.41, 5.74) is 1.72. The van der Waals surface area contributed by atoms with Gasteiger partial charge in [-0.05, 0) is 56.5 Å². The van der Waals surface area contributed by atoms with Crippen LogP contribution in [-0.2, 0) is 16.1 Å². The van der Waals surface area contributed by atoms with Crippen LogP contribution in [0.25, 0.3) is 12.0 Å². The van der Waals surface area contributed by atoms with Crippen molar-refractivity contribution in [2.75, 3.05) is 19.7 Å². The number of benzene rings is 1. The zero-order chi connectivity index (χ0) is 22.2. The van der Waals surface area contributed by atoms with Crippen LogP contribution >= 0.6 is 0 Å². The molecule has 0 amide bonds. The van der Waals surface area contributed by atoms with Crippen LogP contribution in [-0.4, -0.2) is 45.1 Å². The fourth-order valence-corrected chi connectivity index (χ4v) is 4.43. The van der Waals surface area contributed by atoms with E-state index in [1.807, 2.05) is 48.0 Å². The van der Waals surface area contributed by atoms with Gasteiger partial charge in [0.1, 0.15) is 0 Å². The van der Waals surface area contributed by atoms with Crippen molar-refractivity contribution in [1.82, 2.24) is 19.4 Å². The number of rotatable bonds is 8. The fraction of sp³-hybridized carbons (Fsp3) is 0.346. The molecule has 3 aromatic rings. The van der Waals surface area contributed by atoms with Gasteiger partial charge in [-0.3, -0.25) is 14.3 Å². The summed E-state index contributed by atoms with van der Waals surface area (Å²) in [6.07, 6.45) is 12.2. The SMILES string of the molecule is CCOC(=O)C1(C/C=C/c2ccccc2)CCCN(Cc2cccn2-c2ncccn2)C1. The molecule has 166 valence electrons. The lowest BCUT2D eigenvalue weighted by Crippen LogP contribution is -2.48. The van der Waals surface area contributed by atoms with Crippen LogP contribution in [0, 0.1) is 5.41 Å². The zero-order valence-electron chi connectivity index (χ0n) is 18.6. The molecule has 0 saturated carbocycles. The Hall–Kier alpha value is -3.25. The van der Waals surface area contributed by atoms with Gasteiger partial charge in [-0.15, -0.1) is 0 Å². The van der Waals surface area contributed by atoms with Crippen LogP contribution < -0.4 is 0 Å². The molecule has 0 N–H and O–H groups in total. The normalized spacial score (nSPS) is 19.3. The Kier molecular flexibility index (Phi) is 7.12. The van der Waals surface area contributed by atoms with E-state index in [0.29, 0.717) is 25.5 Å². The standard InChI is InChI=1S/C26H30N4O2/c1-2-32-24(31)26(14-6-12-22-10-4-3-5-11-22)15-8-18-29(21-26)20-23-13-7-19-30(23)25-27-16-9-17-28-25/h3-7,9-13,16-17,19H,2,8,14-15,18,20-21H2,1H3/b12-6+. The molecule has 6 nitrogen and oxygen atoms in total. The second kappa shape index (κ2) is 10.4. The summed E-state index contributed by atoms with van der Waals surface area (Å²) in [5.74, 6) is 0.566. The smallest absolute Gasteiger partial charge is 0.313 e. The molecule has 0 aliphatic carbocycles. The van der Waals surface area contributed by atoms with Gasteiger partial charge in [0.05, 0.1) is 12.0 Å². The third-order valence-corrected chi connectivity index (χ3v) is 5.97. The Labute approximate surface area is 189 Å². The number of carbonyl (C=O) groups excluding carboxylic acids is 1. The van der Waals surface area contributed by atoms with Gasteiger partial charge in [0.15, 0.2) is 0 Å². The van der Waals surface area contributed by atoms with Crippen molar-refractivity contribution in [3.8, 4) is 5.95 Å². The number of esters is 1. The largest absolute Gasteiger partial charge is 0.466 e. The number of carbonyl (C=O) groups is 1. The molecule has 1 saturated heterocycles. The van der Waals surface area contributed by atoms with E-state index in [1.54, 1.807) is 12.4 Å². The second-order valence-corrected chi connectivity index (χ2v) is 8.25. The van der Waals surface area contributed by atoms with Crippen molar-refractivity contribution < 1.29 is 9.53 Å². The van der Waals surface area contributed by atoms with Crippen molar-refractivity contribution in [2.24, 2.45) is 5.41 Å². The lowest BCUT2D eigenvalue weighted by molar-refractivity contribution is -0.159.